The van der Waals surface area contributed by atoms with Gasteiger partial charge in [0.2, 0.25) is 0 Å². The van der Waals surface area contributed by atoms with Crippen LogP contribution in [0.25, 0.3) is 28.0 Å². The van der Waals surface area contributed by atoms with E-state index in [1.54, 1.807) is 14.0 Å². The van der Waals surface area contributed by atoms with E-state index in [1.165, 1.54) is 30.4 Å². The fourth-order valence-electron chi connectivity index (χ4n) is 6.09. The first kappa shape index (κ1) is 21.7. The van der Waals surface area contributed by atoms with Gasteiger partial charge in [0.25, 0.3) is 0 Å². The minimum Gasteiger partial charge on any atom is -0.496 e. The Kier molecular flexibility index (Phi) is 5.69. The zero-order chi connectivity index (χ0) is 23.1. The molecule has 4 atom stereocenters. The van der Waals surface area contributed by atoms with E-state index in [0.29, 0.717) is 17.6 Å². The summed E-state index contributed by atoms with van der Waals surface area (Å²) in [5.41, 5.74) is 6.70. The van der Waals surface area contributed by atoms with Gasteiger partial charge in [-0.1, -0.05) is 42.5 Å². The first-order chi connectivity index (χ1) is 16.0. The number of imidazole rings is 1. The Labute approximate surface area is 196 Å². The van der Waals surface area contributed by atoms with Crippen molar-refractivity contribution in [3.8, 4) is 28.1 Å². The number of ether oxygens (including phenoxy) is 1. The third kappa shape index (κ3) is 3.82. The van der Waals surface area contributed by atoms with Crippen molar-refractivity contribution in [2.45, 2.75) is 46.0 Å². The van der Waals surface area contributed by atoms with Crippen molar-refractivity contribution in [2.24, 2.45) is 17.8 Å². The molecule has 4 nitrogen and oxygen atoms in total. The van der Waals surface area contributed by atoms with E-state index >= 15 is 0 Å². The first-order valence-electron chi connectivity index (χ1n) is 12.0. The van der Waals surface area contributed by atoms with Gasteiger partial charge in [-0.2, -0.15) is 0 Å². The van der Waals surface area contributed by atoms with Crippen LogP contribution in [0.1, 0.15) is 57.3 Å². The molecule has 0 radical (unpaired) electrons. The van der Waals surface area contributed by atoms with Crippen molar-refractivity contribution in [1.29, 1.82) is 0 Å². The molecule has 0 aliphatic heterocycles. The van der Waals surface area contributed by atoms with E-state index in [2.05, 4.69) is 60.4 Å². The second-order valence-corrected chi connectivity index (χ2v) is 9.64. The highest BCUT2D eigenvalue weighted by atomic mass is 16.5. The second-order valence-electron chi connectivity index (χ2n) is 9.64. The van der Waals surface area contributed by atoms with Crippen molar-refractivity contribution < 1.29 is 9.53 Å². The molecule has 1 heterocycles. The number of hydrogen-bond donors (Lipinski definition) is 1. The summed E-state index contributed by atoms with van der Waals surface area (Å²) in [4.78, 5) is 20.6. The Balaban J connectivity index is 1.40. The molecule has 1 N–H and O–H groups in total. The summed E-state index contributed by atoms with van der Waals surface area (Å²) in [6, 6.07) is 14.9. The molecule has 2 bridgehead atoms. The smallest absolute Gasteiger partial charge is 0.133 e. The monoisotopic (exact) mass is 440 g/mol. The summed E-state index contributed by atoms with van der Waals surface area (Å²) < 4.78 is 5.69. The molecule has 0 amide bonds. The zero-order valence-corrected chi connectivity index (χ0v) is 19.9. The van der Waals surface area contributed by atoms with Gasteiger partial charge in [0.15, 0.2) is 0 Å². The highest BCUT2D eigenvalue weighted by molar-refractivity contribution is 5.80. The van der Waals surface area contributed by atoms with E-state index in [0.717, 1.165) is 34.0 Å². The van der Waals surface area contributed by atoms with E-state index in [-0.39, 0.29) is 11.8 Å². The summed E-state index contributed by atoms with van der Waals surface area (Å²) >= 11 is 0. The Morgan fingerprint density at radius 1 is 1.06 bits per heavy atom. The van der Waals surface area contributed by atoms with Crippen LogP contribution in [0.3, 0.4) is 0 Å². The van der Waals surface area contributed by atoms with Gasteiger partial charge in [-0.15, -0.1) is 0 Å². The molecule has 2 aromatic carbocycles. The topological polar surface area (TPSA) is 55.0 Å². The number of ketones is 1. The Morgan fingerprint density at radius 3 is 2.48 bits per heavy atom. The minimum absolute atomic E-state index is 0.131. The average molecular weight is 441 g/mol. The maximum atomic E-state index is 12.3. The van der Waals surface area contributed by atoms with E-state index in [4.69, 9.17) is 9.72 Å². The molecule has 2 aliphatic carbocycles. The highest BCUT2D eigenvalue weighted by Crippen LogP contribution is 2.56. The van der Waals surface area contributed by atoms with Gasteiger partial charge in [0.1, 0.15) is 17.4 Å². The first-order valence-corrected chi connectivity index (χ1v) is 12.0. The standard InChI is InChI=1S/C29H32N2O2/c1-5-17(2)21-12-13-24(26(15-21)33-4)19-6-8-20(9-7-19)25-16-30-29(31-25)28-23-11-10-22(14-23)27(28)18(3)32/h5-9,12-13,15-16,22-23,27-28H,10-11,14H2,1-4H3,(H,30,31)/b17-5+/t22?,23?,27-,28-/m1/s1. The number of carbonyl (C=O) groups excluding carboxylic acids is 1. The van der Waals surface area contributed by atoms with Gasteiger partial charge in [0.05, 0.1) is 19.0 Å². The molecule has 4 heteroatoms. The van der Waals surface area contributed by atoms with Gasteiger partial charge in [-0.05, 0) is 80.2 Å². The number of rotatable bonds is 6. The molecular formula is C29H32N2O2. The minimum atomic E-state index is 0.131. The fourth-order valence-corrected chi connectivity index (χ4v) is 6.09. The lowest BCUT2D eigenvalue weighted by atomic mass is 9.77. The average Bonchev–Trinajstić information content (AvgIpc) is 3.59. The number of aromatic nitrogens is 2. The van der Waals surface area contributed by atoms with E-state index < -0.39 is 0 Å². The van der Waals surface area contributed by atoms with Crippen molar-refractivity contribution in [1.82, 2.24) is 9.97 Å². The molecule has 2 fully saturated rings. The zero-order valence-electron chi connectivity index (χ0n) is 19.9. The fraction of sp³-hybridized carbons (Fsp3) is 0.379. The number of methoxy groups -OCH3 is 1. The van der Waals surface area contributed by atoms with Crippen LogP contribution in [0, 0.1) is 17.8 Å². The molecule has 2 unspecified atom stereocenters. The quantitative estimate of drug-likeness (QED) is 0.454. The normalized spacial score (nSPS) is 24.3. The summed E-state index contributed by atoms with van der Waals surface area (Å²) in [7, 11) is 1.72. The maximum Gasteiger partial charge on any atom is 0.133 e. The molecule has 170 valence electrons. The van der Waals surface area contributed by atoms with Gasteiger partial charge in [0, 0.05) is 17.4 Å². The number of H-pyrrole nitrogens is 1. The molecule has 3 aromatic rings. The number of nitrogens with one attached hydrogen (secondary N) is 1. The molecule has 5 rings (SSSR count). The summed E-state index contributed by atoms with van der Waals surface area (Å²) in [5.74, 6) is 3.69. The lowest BCUT2D eigenvalue weighted by molar-refractivity contribution is -0.122. The number of fused-ring (bicyclic) bond motifs is 2. The Hall–Kier alpha value is -3.14. The second kappa shape index (κ2) is 8.66. The van der Waals surface area contributed by atoms with Crippen LogP contribution in [0.15, 0.2) is 54.7 Å². The largest absolute Gasteiger partial charge is 0.496 e. The number of hydrogen-bond acceptors (Lipinski definition) is 3. The SMILES string of the molecule is C/C=C(\C)c1ccc(-c2ccc(-c3cnc([C@@H]4C5CCC(C5)[C@H]4C(C)=O)[nH]3)cc2)c(OC)c1. The third-order valence-corrected chi connectivity index (χ3v) is 7.89. The van der Waals surface area contributed by atoms with Crippen molar-refractivity contribution >= 4 is 11.4 Å². The maximum absolute atomic E-state index is 12.3. The van der Waals surface area contributed by atoms with E-state index in [9.17, 15) is 4.79 Å². The molecule has 33 heavy (non-hydrogen) atoms. The van der Waals surface area contributed by atoms with Crippen molar-refractivity contribution in [3.63, 3.8) is 0 Å². The number of aromatic amines is 1. The molecule has 0 spiro atoms. The number of carbonyl (C=O) groups is 1. The number of Topliss-reactive ketones (excluding diaryl/α,β-unsaturated/α-hetero) is 1. The van der Waals surface area contributed by atoms with Crippen LogP contribution < -0.4 is 4.74 Å². The Morgan fingerprint density at radius 2 is 1.79 bits per heavy atom. The van der Waals surface area contributed by atoms with Crippen molar-refractivity contribution in [2.75, 3.05) is 7.11 Å². The predicted molar refractivity (Wildman–Crippen MR) is 133 cm³/mol. The van der Waals surface area contributed by atoms with E-state index in [1.807, 2.05) is 13.1 Å². The summed E-state index contributed by atoms with van der Waals surface area (Å²) in [6.07, 6.45) is 7.62. The third-order valence-electron chi connectivity index (χ3n) is 7.89. The van der Waals surface area contributed by atoms with Crippen LogP contribution >= 0.6 is 0 Å². The van der Waals surface area contributed by atoms with Crippen LogP contribution in [0.4, 0.5) is 0 Å². The van der Waals surface area contributed by atoms with Gasteiger partial charge in [-0.3, -0.25) is 4.79 Å². The number of benzene rings is 2. The van der Waals surface area contributed by atoms with Gasteiger partial charge in [-0.25, -0.2) is 4.98 Å². The molecule has 1 aromatic heterocycles. The van der Waals surface area contributed by atoms with Crippen LogP contribution in [0.2, 0.25) is 0 Å². The van der Waals surface area contributed by atoms with Gasteiger partial charge >= 0.3 is 0 Å². The van der Waals surface area contributed by atoms with Crippen LogP contribution in [0.5, 0.6) is 5.75 Å². The lowest BCUT2D eigenvalue weighted by Gasteiger charge is -2.27. The van der Waals surface area contributed by atoms with Crippen LogP contribution in [-0.4, -0.2) is 22.9 Å². The van der Waals surface area contributed by atoms with Crippen molar-refractivity contribution in [3.05, 3.63) is 66.1 Å². The molecular weight excluding hydrogens is 408 g/mol. The van der Waals surface area contributed by atoms with Gasteiger partial charge < -0.3 is 9.72 Å². The highest BCUT2D eigenvalue weighted by Gasteiger charge is 2.51. The number of allylic oxidation sites excluding steroid dienone is 2. The Bertz CT molecular complexity index is 1200. The summed E-state index contributed by atoms with van der Waals surface area (Å²) in [5, 5.41) is 0. The lowest BCUT2D eigenvalue weighted by Crippen LogP contribution is -2.27. The number of nitrogens with zero attached hydrogens (tertiary/aromatic N) is 1. The predicted octanol–water partition coefficient (Wildman–Crippen LogP) is 6.89. The molecule has 0 saturated heterocycles. The molecule has 2 saturated carbocycles. The molecule has 2 aliphatic rings. The van der Waals surface area contributed by atoms with Crippen LogP contribution in [-0.2, 0) is 4.79 Å². The summed E-state index contributed by atoms with van der Waals surface area (Å²) in [6.45, 7) is 5.91.